The molecule has 0 aromatic carbocycles. The maximum atomic E-state index is 10.0. The van der Waals surface area contributed by atoms with Crippen LogP contribution >= 0.6 is 0 Å². The minimum absolute atomic E-state index is 0.209. The third kappa shape index (κ3) is 1.46. The normalized spacial score (nSPS) is 36.1. The van der Waals surface area contributed by atoms with Crippen LogP contribution in [0.4, 0.5) is 0 Å². The second-order valence-corrected chi connectivity index (χ2v) is 2.29. The number of nitroso groups, excluding NO2 is 1. The summed E-state index contributed by atoms with van der Waals surface area (Å²) in [6, 6.07) is -0.209. The molecule has 1 saturated heterocycles. The molecule has 0 saturated carbocycles. The summed E-state index contributed by atoms with van der Waals surface area (Å²) in [5.74, 6) is 0. The fourth-order valence-corrected chi connectivity index (χ4v) is 1.01. The highest BCUT2D eigenvalue weighted by molar-refractivity contribution is 4.81. The minimum Gasteiger partial charge on any atom is -0.314 e. The number of nitrogens with two attached hydrogens (primary N) is 1. The molecule has 1 aliphatic heterocycles. The number of hydrogen-bond donors (Lipinski definition) is 2. The van der Waals surface area contributed by atoms with Gasteiger partial charge in [-0.1, -0.05) is 5.18 Å². The Morgan fingerprint density at radius 3 is 2.89 bits per heavy atom. The average molecular weight is 129 g/mol. The van der Waals surface area contributed by atoms with E-state index in [1.165, 1.54) is 0 Å². The monoisotopic (exact) mass is 129 g/mol. The number of nitrogens with zero attached hydrogens (tertiary/aromatic N) is 1. The van der Waals surface area contributed by atoms with Crippen molar-refractivity contribution in [1.29, 1.82) is 0 Å². The van der Waals surface area contributed by atoms with Gasteiger partial charge in [0.1, 0.15) is 6.04 Å². The van der Waals surface area contributed by atoms with Gasteiger partial charge >= 0.3 is 0 Å². The zero-order chi connectivity index (χ0) is 6.69. The van der Waals surface area contributed by atoms with Gasteiger partial charge in [-0.3, -0.25) is 0 Å². The molecule has 0 aromatic rings. The Bertz CT molecular complexity index is 106. The molecule has 0 amide bonds. The van der Waals surface area contributed by atoms with Gasteiger partial charge in [0.2, 0.25) is 0 Å². The van der Waals surface area contributed by atoms with Gasteiger partial charge < -0.3 is 11.1 Å². The molecule has 0 aliphatic carbocycles. The van der Waals surface area contributed by atoms with Crippen molar-refractivity contribution in [3.05, 3.63) is 4.91 Å². The first-order valence-electron chi connectivity index (χ1n) is 3.16. The third-order valence-corrected chi connectivity index (χ3v) is 1.61. The molecule has 4 nitrogen and oxygen atoms in total. The topological polar surface area (TPSA) is 67.5 Å². The van der Waals surface area contributed by atoms with Crippen LogP contribution in [0, 0.1) is 4.91 Å². The Kier molecular flexibility index (Phi) is 2.13. The predicted molar refractivity (Wildman–Crippen MR) is 34.8 cm³/mol. The molecule has 4 heteroatoms. The van der Waals surface area contributed by atoms with Gasteiger partial charge in [-0.05, 0) is 19.4 Å². The van der Waals surface area contributed by atoms with E-state index in [0.29, 0.717) is 0 Å². The molecule has 3 N–H and O–H groups in total. The standard InChI is InChI=1S/C5H11N3O/c6-5-4(8-9)2-1-3-7-5/h4-5,7H,1-3,6H2. The summed E-state index contributed by atoms with van der Waals surface area (Å²) < 4.78 is 0. The first kappa shape index (κ1) is 6.64. The van der Waals surface area contributed by atoms with E-state index in [1.54, 1.807) is 0 Å². The van der Waals surface area contributed by atoms with E-state index in [0.717, 1.165) is 19.4 Å². The van der Waals surface area contributed by atoms with Crippen LogP contribution < -0.4 is 11.1 Å². The van der Waals surface area contributed by atoms with E-state index >= 15 is 0 Å². The molecule has 0 bridgehead atoms. The van der Waals surface area contributed by atoms with E-state index in [4.69, 9.17) is 5.73 Å². The van der Waals surface area contributed by atoms with Crippen LogP contribution in [0.1, 0.15) is 12.8 Å². The van der Waals surface area contributed by atoms with Crippen molar-refractivity contribution in [3.8, 4) is 0 Å². The Morgan fingerprint density at radius 1 is 1.67 bits per heavy atom. The van der Waals surface area contributed by atoms with E-state index in [9.17, 15) is 4.91 Å². The number of rotatable bonds is 1. The predicted octanol–water partition coefficient (Wildman–Crippen LogP) is -0.210. The molecule has 1 aliphatic rings. The Morgan fingerprint density at radius 2 is 2.44 bits per heavy atom. The summed E-state index contributed by atoms with van der Waals surface area (Å²) in [6.45, 7) is 0.910. The lowest BCUT2D eigenvalue weighted by Gasteiger charge is -2.23. The Labute approximate surface area is 53.8 Å². The number of piperidine rings is 1. The molecule has 0 radical (unpaired) electrons. The second kappa shape index (κ2) is 2.89. The fourth-order valence-electron chi connectivity index (χ4n) is 1.01. The lowest BCUT2D eigenvalue weighted by Crippen LogP contribution is -2.49. The third-order valence-electron chi connectivity index (χ3n) is 1.61. The maximum Gasteiger partial charge on any atom is 0.120 e. The van der Waals surface area contributed by atoms with Crippen LogP contribution in [-0.4, -0.2) is 18.8 Å². The van der Waals surface area contributed by atoms with Crippen molar-refractivity contribution in [2.75, 3.05) is 6.54 Å². The van der Waals surface area contributed by atoms with Crippen LogP contribution in [0.15, 0.2) is 5.18 Å². The zero-order valence-electron chi connectivity index (χ0n) is 5.21. The molecular formula is C5H11N3O. The van der Waals surface area contributed by atoms with E-state index < -0.39 is 0 Å². The largest absolute Gasteiger partial charge is 0.314 e. The minimum atomic E-state index is -0.212. The van der Waals surface area contributed by atoms with Crippen molar-refractivity contribution in [2.45, 2.75) is 25.0 Å². The van der Waals surface area contributed by atoms with Crippen LogP contribution in [0.3, 0.4) is 0 Å². The molecule has 0 spiro atoms. The first-order valence-corrected chi connectivity index (χ1v) is 3.16. The maximum absolute atomic E-state index is 10.0. The van der Waals surface area contributed by atoms with Crippen molar-refractivity contribution >= 4 is 0 Å². The number of hydrogen-bond acceptors (Lipinski definition) is 4. The summed E-state index contributed by atoms with van der Waals surface area (Å²) in [7, 11) is 0. The fraction of sp³-hybridized carbons (Fsp3) is 1.00. The molecule has 1 rings (SSSR count). The van der Waals surface area contributed by atoms with Crippen LogP contribution in [0.5, 0.6) is 0 Å². The molecular weight excluding hydrogens is 118 g/mol. The highest BCUT2D eigenvalue weighted by Crippen LogP contribution is 2.07. The van der Waals surface area contributed by atoms with Crippen molar-refractivity contribution in [2.24, 2.45) is 10.9 Å². The molecule has 0 aromatic heterocycles. The van der Waals surface area contributed by atoms with E-state index in [-0.39, 0.29) is 12.2 Å². The van der Waals surface area contributed by atoms with Crippen molar-refractivity contribution in [3.63, 3.8) is 0 Å². The van der Waals surface area contributed by atoms with Gasteiger partial charge in [0.05, 0.1) is 6.17 Å². The van der Waals surface area contributed by atoms with Gasteiger partial charge in [0.15, 0.2) is 0 Å². The smallest absolute Gasteiger partial charge is 0.120 e. The second-order valence-electron chi connectivity index (χ2n) is 2.29. The Hall–Kier alpha value is -0.480. The van der Waals surface area contributed by atoms with Gasteiger partial charge in [-0.2, -0.15) is 4.91 Å². The molecule has 2 unspecified atom stereocenters. The van der Waals surface area contributed by atoms with E-state index in [2.05, 4.69) is 10.5 Å². The van der Waals surface area contributed by atoms with Crippen molar-refractivity contribution in [1.82, 2.24) is 5.32 Å². The average Bonchev–Trinajstić information content (AvgIpc) is 1.89. The summed E-state index contributed by atoms with van der Waals surface area (Å²) in [5, 5.41) is 5.86. The lowest BCUT2D eigenvalue weighted by molar-refractivity contribution is 0.358. The van der Waals surface area contributed by atoms with Gasteiger partial charge in [-0.25, -0.2) is 0 Å². The summed E-state index contributed by atoms with van der Waals surface area (Å²) in [5.41, 5.74) is 5.48. The van der Waals surface area contributed by atoms with Crippen LogP contribution in [0.2, 0.25) is 0 Å². The molecule has 1 fully saturated rings. The number of nitrogens with one attached hydrogen (secondary N) is 1. The lowest BCUT2D eigenvalue weighted by atomic mass is 10.1. The van der Waals surface area contributed by atoms with E-state index in [1.807, 2.05) is 0 Å². The van der Waals surface area contributed by atoms with Crippen LogP contribution in [-0.2, 0) is 0 Å². The summed E-state index contributed by atoms with van der Waals surface area (Å²) in [4.78, 5) is 10.0. The highest BCUT2D eigenvalue weighted by atomic mass is 16.3. The summed E-state index contributed by atoms with van der Waals surface area (Å²) in [6.07, 6.45) is 1.62. The first-order chi connectivity index (χ1) is 4.34. The SMILES string of the molecule is NC1NCCCC1N=O. The van der Waals surface area contributed by atoms with Gasteiger partial charge in [-0.15, -0.1) is 0 Å². The molecule has 2 atom stereocenters. The molecule has 9 heavy (non-hydrogen) atoms. The quantitative estimate of drug-likeness (QED) is 0.481. The molecule has 1 heterocycles. The van der Waals surface area contributed by atoms with Gasteiger partial charge in [0.25, 0.3) is 0 Å². The van der Waals surface area contributed by atoms with Crippen LogP contribution in [0.25, 0.3) is 0 Å². The zero-order valence-corrected chi connectivity index (χ0v) is 5.21. The van der Waals surface area contributed by atoms with Crippen molar-refractivity contribution < 1.29 is 0 Å². The Balaban J connectivity index is 2.38. The highest BCUT2D eigenvalue weighted by Gasteiger charge is 2.20. The summed E-state index contributed by atoms with van der Waals surface area (Å²) >= 11 is 0. The van der Waals surface area contributed by atoms with Gasteiger partial charge in [0, 0.05) is 0 Å². The molecule has 52 valence electrons.